The van der Waals surface area contributed by atoms with Gasteiger partial charge in [-0.2, -0.15) is 0 Å². The molecule has 5 nitrogen and oxygen atoms in total. The summed E-state index contributed by atoms with van der Waals surface area (Å²) in [6.07, 6.45) is 2.15. The third-order valence-corrected chi connectivity index (χ3v) is 3.42. The highest BCUT2D eigenvalue weighted by atomic mass is 16.4. The topological polar surface area (TPSA) is 77.8 Å². The first kappa shape index (κ1) is 13.4. The standard InChI is InChI=1S/C14H17NO4/c16-11-6-3-10(4-7-11)5-8-13(17)15-9-1-2-12(15)14(18)19/h3-4,6-7,12,16H,1-2,5,8-9H2,(H,18,19)/t12-/m0/s1. The summed E-state index contributed by atoms with van der Waals surface area (Å²) < 4.78 is 0. The zero-order valence-electron chi connectivity index (χ0n) is 10.6. The Bertz CT molecular complexity index is 469. The van der Waals surface area contributed by atoms with E-state index in [9.17, 15) is 9.59 Å². The van der Waals surface area contributed by atoms with Crippen LogP contribution in [0.5, 0.6) is 5.75 Å². The Morgan fingerprint density at radius 1 is 1.26 bits per heavy atom. The summed E-state index contributed by atoms with van der Waals surface area (Å²) in [6, 6.07) is 6.03. The largest absolute Gasteiger partial charge is 0.508 e. The van der Waals surface area contributed by atoms with Gasteiger partial charge in [0.05, 0.1) is 0 Å². The number of amides is 1. The van der Waals surface area contributed by atoms with Crippen molar-refractivity contribution < 1.29 is 19.8 Å². The molecule has 1 amide bonds. The van der Waals surface area contributed by atoms with Gasteiger partial charge < -0.3 is 15.1 Å². The molecule has 1 heterocycles. The van der Waals surface area contributed by atoms with Gasteiger partial charge in [-0.05, 0) is 37.0 Å². The van der Waals surface area contributed by atoms with Gasteiger partial charge in [0.2, 0.25) is 5.91 Å². The van der Waals surface area contributed by atoms with Crippen LogP contribution in [0.3, 0.4) is 0 Å². The number of phenolic OH excluding ortho intramolecular Hbond substituents is 1. The van der Waals surface area contributed by atoms with E-state index in [4.69, 9.17) is 10.2 Å². The van der Waals surface area contributed by atoms with E-state index in [0.29, 0.717) is 25.8 Å². The zero-order chi connectivity index (χ0) is 13.8. The molecule has 1 aliphatic rings. The van der Waals surface area contributed by atoms with Crippen molar-refractivity contribution in [3.63, 3.8) is 0 Å². The van der Waals surface area contributed by atoms with Gasteiger partial charge in [0.15, 0.2) is 0 Å². The van der Waals surface area contributed by atoms with Crippen LogP contribution in [0.25, 0.3) is 0 Å². The lowest BCUT2D eigenvalue weighted by Crippen LogP contribution is -2.40. The van der Waals surface area contributed by atoms with Crippen molar-refractivity contribution in [2.75, 3.05) is 6.54 Å². The molecule has 1 aliphatic heterocycles. The number of phenols is 1. The monoisotopic (exact) mass is 263 g/mol. The summed E-state index contributed by atoms with van der Waals surface area (Å²) in [5.41, 5.74) is 0.956. The number of carboxylic acid groups (broad SMARTS) is 1. The molecule has 2 N–H and O–H groups in total. The molecule has 1 atom stereocenters. The Kier molecular flexibility index (Phi) is 4.04. The van der Waals surface area contributed by atoms with Crippen molar-refractivity contribution in [1.82, 2.24) is 4.90 Å². The molecule has 5 heteroatoms. The fourth-order valence-corrected chi connectivity index (χ4v) is 2.38. The van der Waals surface area contributed by atoms with E-state index in [1.54, 1.807) is 24.3 Å². The molecule has 0 unspecified atom stereocenters. The average Bonchev–Trinajstić information content (AvgIpc) is 2.87. The maximum Gasteiger partial charge on any atom is 0.326 e. The first-order valence-corrected chi connectivity index (χ1v) is 6.38. The molecule has 19 heavy (non-hydrogen) atoms. The van der Waals surface area contributed by atoms with E-state index < -0.39 is 12.0 Å². The van der Waals surface area contributed by atoms with E-state index >= 15 is 0 Å². The van der Waals surface area contributed by atoms with Crippen molar-refractivity contribution in [2.45, 2.75) is 31.7 Å². The molecule has 0 radical (unpaired) electrons. The third kappa shape index (κ3) is 3.24. The van der Waals surface area contributed by atoms with Gasteiger partial charge in [-0.15, -0.1) is 0 Å². The summed E-state index contributed by atoms with van der Waals surface area (Å²) in [5.74, 6) is -0.839. The summed E-state index contributed by atoms with van der Waals surface area (Å²) in [4.78, 5) is 24.5. The second-order valence-electron chi connectivity index (χ2n) is 4.75. The SMILES string of the molecule is O=C(O)[C@@H]1CCCN1C(=O)CCc1ccc(O)cc1. The lowest BCUT2D eigenvalue weighted by Gasteiger charge is -2.21. The minimum absolute atomic E-state index is 0.113. The minimum Gasteiger partial charge on any atom is -0.508 e. The van der Waals surface area contributed by atoms with Crippen LogP contribution >= 0.6 is 0 Å². The summed E-state index contributed by atoms with van der Waals surface area (Å²) in [6.45, 7) is 0.533. The number of carboxylic acids is 1. The Hall–Kier alpha value is -2.04. The average molecular weight is 263 g/mol. The van der Waals surface area contributed by atoms with Crippen LogP contribution in [0.2, 0.25) is 0 Å². The van der Waals surface area contributed by atoms with Crippen molar-refractivity contribution in [2.24, 2.45) is 0 Å². The lowest BCUT2D eigenvalue weighted by atomic mass is 10.1. The molecular weight excluding hydrogens is 246 g/mol. The number of carbonyl (C=O) groups excluding carboxylic acids is 1. The molecule has 0 saturated carbocycles. The first-order chi connectivity index (χ1) is 9.08. The number of aryl methyl sites for hydroxylation is 1. The van der Waals surface area contributed by atoms with Gasteiger partial charge in [-0.3, -0.25) is 4.79 Å². The highest BCUT2D eigenvalue weighted by Crippen LogP contribution is 2.19. The van der Waals surface area contributed by atoms with Crippen molar-refractivity contribution in [3.8, 4) is 5.75 Å². The number of carbonyl (C=O) groups is 2. The number of rotatable bonds is 4. The van der Waals surface area contributed by atoms with Gasteiger partial charge in [0.1, 0.15) is 11.8 Å². The van der Waals surface area contributed by atoms with Gasteiger partial charge in [0.25, 0.3) is 0 Å². The Labute approximate surface area is 111 Å². The summed E-state index contributed by atoms with van der Waals surface area (Å²) in [5, 5.41) is 18.2. The van der Waals surface area contributed by atoms with Crippen molar-refractivity contribution >= 4 is 11.9 Å². The molecule has 1 saturated heterocycles. The van der Waals surface area contributed by atoms with E-state index in [1.807, 2.05) is 0 Å². The van der Waals surface area contributed by atoms with Gasteiger partial charge in [-0.1, -0.05) is 12.1 Å². The molecule has 102 valence electrons. The van der Waals surface area contributed by atoms with Crippen LogP contribution in [0.4, 0.5) is 0 Å². The highest BCUT2D eigenvalue weighted by Gasteiger charge is 2.33. The number of benzene rings is 1. The lowest BCUT2D eigenvalue weighted by molar-refractivity contribution is -0.148. The number of nitrogens with zero attached hydrogens (tertiary/aromatic N) is 1. The predicted octanol–water partition coefficient (Wildman–Crippen LogP) is 1.40. The normalized spacial score (nSPS) is 18.5. The van der Waals surface area contributed by atoms with Gasteiger partial charge >= 0.3 is 5.97 Å². The molecule has 1 aromatic carbocycles. The van der Waals surface area contributed by atoms with Crippen LogP contribution in [-0.4, -0.2) is 39.6 Å². The molecule has 0 aliphatic carbocycles. The second kappa shape index (κ2) is 5.73. The van der Waals surface area contributed by atoms with Crippen LogP contribution in [0.15, 0.2) is 24.3 Å². The first-order valence-electron chi connectivity index (χ1n) is 6.38. The summed E-state index contributed by atoms with van der Waals surface area (Å²) >= 11 is 0. The van der Waals surface area contributed by atoms with Crippen LogP contribution in [-0.2, 0) is 16.0 Å². The van der Waals surface area contributed by atoms with Gasteiger partial charge in [-0.25, -0.2) is 4.79 Å². The minimum atomic E-state index is -0.921. The second-order valence-corrected chi connectivity index (χ2v) is 4.75. The number of hydrogen-bond acceptors (Lipinski definition) is 3. The molecule has 1 fully saturated rings. The van der Waals surface area contributed by atoms with Crippen LogP contribution in [0, 0.1) is 0 Å². The van der Waals surface area contributed by atoms with E-state index in [0.717, 1.165) is 12.0 Å². The fraction of sp³-hybridized carbons (Fsp3) is 0.429. The number of aliphatic carboxylic acids is 1. The zero-order valence-corrected chi connectivity index (χ0v) is 10.6. The molecule has 0 bridgehead atoms. The summed E-state index contributed by atoms with van der Waals surface area (Å²) in [7, 11) is 0. The third-order valence-electron chi connectivity index (χ3n) is 3.42. The van der Waals surface area contributed by atoms with E-state index in [1.165, 1.54) is 4.90 Å². The maximum absolute atomic E-state index is 12.0. The van der Waals surface area contributed by atoms with E-state index in [-0.39, 0.29) is 11.7 Å². The Balaban J connectivity index is 1.90. The van der Waals surface area contributed by atoms with Crippen molar-refractivity contribution in [3.05, 3.63) is 29.8 Å². The number of aromatic hydroxyl groups is 1. The quantitative estimate of drug-likeness (QED) is 0.860. The van der Waals surface area contributed by atoms with Gasteiger partial charge in [0, 0.05) is 13.0 Å². The maximum atomic E-state index is 12.0. The molecule has 0 aromatic heterocycles. The molecule has 0 spiro atoms. The number of likely N-dealkylation sites (tertiary alicyclic amines) is 1. The Morgan fingerprint density at radius 3 is 2.58 bits per heavy atom. The van der Waals surface area contributed by atoms with Crippen molar-refractivity contribution in [1.29, 1.82) is 0 Å². The number of hydrogen-bond donors (Lipinski definition) is 2. The van der Waals surface area contributed by atoms with Crippen LogP contribution < -0.4 is 0 Å². The fourth-order valence-electron chi connectivity index (χ4n) is 2.38. The Morgan fingerprint density at radius 2 is 1.95 bits per heavy atom. The molecule has 1 aromatic rings. The smallest absolute Gasteiger partial charge is 0.326 e. The predicted molar refractivity (Wildman–Crippen MR) is 68.8 cm³/mol. The highest BCUT2D eigenvalue weighted by molar-refractivity contribution is 5.84. The van der Waals surface area contributed by atoms with Crippen LogP contribution in [0.1, 0.15) is 24.8 Å². The van der Waals surface area contributed by atoms with E-state index in [2.05, 4.69) is 0 Å². The molecular formula is C14H17NO4. The molecule has 2 rings (SSSR count).